The largest absolute Gasteiger partial charge is 0.497 e. The summed E-state index contributed by atoms with van der Waals surface area (Å²) in [6, 6.07) is 20.1. The summed E-state index contributed by atoms with van der Waals surface area (Å²) in [6.07, 6.45) is 0.981. The van der Waals surface area contributed by atoms with Gasteiger partial charge in [0.1, 0.15) is 5.75 Å². The number of likely N-dealkylation sites (tertiary alicyclic amines) is 1. The van der Waals surface area contributed by atoms with Crippen LogP contribution in [-0.2, 0) is 11.3 Å². The van der Waals surface area contributed by atoms with Crippen LogP contribution in [0.5, 0.6) is 5.75 Å². The van der Waals surface area contributed by atoms with Gasteiger partial charge in [-0.25, -0.2) is 0 Å². The molecule has 2 amide bonds. The number of pyridine rings is 1. The molecule has 1 aromatic heterocycles. The maximum Gasteiger partial charge on any atom is 0.254 e. The molecule has 0 N–H and O–H groups in total. The zero-order valence-electron chi connectivity index (χ0n) is 20.5. The zero-order chi connectivity index (χ0) is 25.0. The number of amides is 2. The van der Waals surface area contributed by atoms with Gasteiger partial charge in [0.05, 0.1) is 19.1 Å². The Balaban J connectivity index is 1.40. The first kappa shape index (κ1) is 22.6. The molecule has 2 bridgehead atoms. The highest BCUT2D eigenvalue weighted by Crippen LogP contribution is 2.45. The third-order valence-corrected chi connectivity index (χ3v) is 8.09. The molecule has 0 spiro atoms. The molecule has 36 heavy (non-hydrogen) atoms. The molecule has 3 aromatic rings. The van der Waals surface area contributed by atoms with Gasteiger partial charge in [-0.15, -0.1) is 0 Å². The van der Waals surface area contributed by atoms with Crippen LogP contribution in [-0.4, -0.2) is 53.4 Å². The molecule has 0 saturated carbocycles. The quantitative estimate of drug-likeness (QED) is 0.573. The molecule has 2 aromatic carbocycles. The van der Waals surface area contributed by atoms with Gasteiger partial charge in [0.2, 0.25) is 5.91 Å². The molecule has 1 saturated heterocycles. The van der Waals surface area contributed by atoms with Crippen LogP contribution in [0, 0.1) is 5.92 Å². The van der Waals surface area contributed by atoms with E-state index in [0.29, 0.717) is 25.2 Å². The highest BCUT2D eigenvalue weighted by Gasteiger charge is 2.46. The van der Waals surface area contributed by atoms with Gasteiger partial charge in [-0.1, -0.05) is 36.4 Å². The van der Waals surface area contributed by atoms with Crippen LogP contribution in [0.2, 0.25) is 0 Å². The standard InChI is InChI=1S/C29H29N3O4/c1-30-27(19-10-12-21(36-2)13-11-19)26(22-6-3-4-7-23(22)28(30)34)29(35)31-15-18-14-20(17-31)24-8-5-9-25(33)32(24)16-18/h3-13,18,20,26-27H,14-17H2,1-2H3/t18-,20+,26-,27+/m0/s1. The van der Waals surface area contributed by atoms with Crippen LogP contribution >= 0.6 is 0 Å². The van der Waals surface area contributed by atoms with Crippen molar-refractivity contribution < 1.29 is 14.3 Å². The summed E-state index contributed by atoms with van der Waals surface area (Å²) < 4.78 is 7.21. The fraction of sp³-hybridized carbons (Fsp3) is 0.345. The monoisotopic (exact) mass is 483 g/mol. The van der Waals surface area contributed by atoms with E-state index in [9.17, 15) is 14.4 Å². The lowest BCUT2D eigenvalue weighted by molar-refractivity contribution is -0.137. The minimum absolute atomic E-state index is 0.0305. The van der Waals surface area contributed by atoms with Crippen LogP contribution in [0.1, 0.15) is 51.5 Å². The van der Waals surface area contributed by atoms with Crippen molar-refractivity contribution in [3.8, 4) is 5.75 Å². The number of benzene rings is 2. The summed E-state index contributed by atoms with van der Waals surface area (Å²) >= 11 is 0. The molecule has 7 nitrogen and oxygen atoms in total. The van der Waals surface area contributed by atoms with E-state index in [-0.39, 0.29) is 29.2 Å². The molecule has 1 fully saturated rings. The predicted octanol–water partition coefficient (Wildman–Crippen LogP) is 3.41. The number of fused-ring (bicyclic) bond motifs is 5. The van der Waals surface area contributed by atoms with Gasteiger partial charge in [-0.2, -0.15) is 0 Å². The van der Waals surface area contributed by atoms with Crippen molar-refractivity contribution in [2.45, 2.75) is 30.8 Å². The minimum atomic E-state index is -0.519. The SMILES string of the molecule is COc1ccc([C@@H]2[C@@H](C(=O)N3C[C@@H]4C[C@H](C3)c3cccc(=O)n3C4)c3ccccc3C(=O)N2C)cc1. The van der Waals surface area contributed by atoms with Crippen molar-refractivity contribution in [3.63, 3.8) is 0 Å². The molecule has 4 heterocycles. The number of aromatic nitrogens is 1. The number of ether oxygens (including phenoxy) is 1. The van der Waals surface area contributed by atoms with Crippen molar-refractivity contribution in [2.24, 2.45) is 5.92 Å². The summed E-state index contributed by atoms with van der Waals surface area (Å²) in [5.74, 6) is 0.521. The van der Waals surface area contributed by atoms with Crippen LogP contribution in [0.25, 0.3) is 0 Å². The zero-order valence-corrected chi connectivity index (χ0v) is 20.5. The molecule has 0 unspecified atom stereocenters. The van der Waals surface area contributed by atoms with Crippen LogP contribution in [0.3, 0.4) is 0 Å². The number of likely N-dealkylation sites (N-methyl/N-ethyl adjacent to an activating group) is 1. The van der Waals surface area contributed by atoms with E-state index in [1.165, 1.54) is 0 Å². The van der Waals surface area contributed by atoms with E-state index in [4.69, 9.17) is 4.74 Å². The van der Waals surface area contributed by atoms with Gasteiger partial charge >= 0.3 is 0 Å². The molecule has 7 heteroatoms. The molecule has 6 rings (SSSR count). The topological polar surface area (TPSA) is 71.8 Å². The number of piperidine rings is 1. The van der Waals surface area contributed by atoms with E-state index in [0.717, 1.165) is 29.0 Å². The molecule has 0 radical (unpaired) electrons. The Kier molecular flexibility index (Phi) is 5.43. The Labute approximate surface area is 209 Å². The van der Waals surface area contributed by atoms with Crippen LogP contribution < -0.4 is 10.3 Å². The lowest BCUT2D eigenvalue weighted by Crippen LogP contribution is -2.53. The number of carbonyl (C=O) groups excluding carboxylic acids is 2. The molecule has 3 aliphatic heterocycles. The lowest BCUT2D eigenvalue weighted by Gasteiger charge is -2.46. The molecule has 4 atom stereocenters. The van der Waals surface area contributed by atoms with Crippen molar-refractivity contribution in [2.75, 3.05) is 27.2 Å². The number of carbonyl (C=O) groups is 2. The van der Waals surface area contributed by atoms with E-state index in [2.05, 4.69) is 0 Å². The first-order chi connectivity index (χ1) is 17.5. The van der Waals surface area contributed by atoms with E-state index in [1.807, 2.05) is 70.1 Å². The Morgan fingerprint density at radius 2 is 1.69 bits per heavy atom. The third-order valence-electron chi connectivity index (χ3n) is 8.09. The van der Waals surface area contributed by atoms with E-state index < -0.39 is 12.0 Å². The van der Waals surface area contributed by atoms with E-state index in [1.54, 1.807) is 25.1 Å². The Morgan fingerprint density at radius 1 is 0.917 bits per heavy atom. The van der Waals surface area contributed by atoms with Crippen molar-refractivity contribution in [3.05, 3.63) is 99.5 Å². The Hall–Kier alpha value is -3.87. The second-order valence-electron chi connectivity index (χ2n) is 10.1. The van der Waals surface area contributed by atoms with E-state index >= 15 is 0 Å². The average Bonchev–Trinajstić information content (AvgIpc) is 2.91. The number of nitrogens with zero attached hydrogens (tertiary/aromatic N) is 3. The third kappa shape index (κ3) is 3.53. The Morgan fingerprint density at radius 3 is 2.47 bits per heavy atom. The fourth-order valence-corrected chi connectivity index (χ4v) is 6.43. The summed E-state index contributed by atoms with van der Waals surface area (Å²) in [5.41, 5.74) is 3.30. The van der Waals surface area contributed by atoms with Crippen molar-refractivity contribution in [1.82, 2.24) is 14.4 Å². The number of hydrogen-bond acceptors (Lipinski definition) is 4. The second-order valence-corrected chi connectivity index (χ2v) is 10.1. The lowest BCUT2D eigenvalue weighted by atomic mass is 9.77. The van der Waals surface area contributed by atoms with Gasteiger partial charge < -0.3 is 19.1 Å². The molecule has 3 aliphatic rings. The van der Waals surface area contributed by atoms with Gasteiger partial charge in [-0.05, 0) is 47.7 Å². The molecular formula is C29H29N3O4. The average molecular weight is 484 g/mol. The summed E-state index contributed by atoms with van der Waals surface area (Å²) in [5, 5.41) is 0. The number of rotatable bonds is 3. The molecule has 184 valence electrons. The van der Waals surface area contributed by atoms with Gasteiger partial charge in [0.15, 0.2) is 0 Å². The first-order valence-corrected chi connectivity index (χ1v) is 12.4. The van der Waals surface area contributed by atoms with Gasteiger partial charge in [0, 0.05) is 49.9 Å². The number of hydrogen-bond donors (Lipinski definition) is 0. The van der Waals surface area contributed by atoms with Crippen molar-refractivity contribution >= 4 is 11.8 Å². The summed E-state index contributed by atoms with van der Waals surface area (Å²) in [6.45, 7) is 1.82. The van der Waals surface area contributed by atoms with Gasteiger partial charge in [0.25, 0.3) is 11.5 Å². The highest BCUT2D eigenvalue weighted by atomic mass is 16.5. The Bertz CT molecular complexity index is 1400. The summed E-state index contributed by atoms with van der Waals surface area (Å²) in [4.78, 5) is 43.8. The first-order valence-electron chi connectivity index (χ1n) is 12.4. The fourth-order valence-electron chi connectivity index (χ4n) is 6.43. The molecule has 0 aliphatic carbocycles. The second kappa shape index (κ2) is 8.66. The normalized spacial score (nSPS) is 24.7. The van der Waals surface area contributed by atoms with Crippen LogP contribution in [0.15, 0.2) is 71.5 Å². The minimum Gasteiger partial charge on any atom is -0.497 e. The maximum absolute atomic E-state index is 14.4. The van der Waals surface area contributed by atoms with Crippen molar-refractivity contribution in [1.29, 1.82) is 0 Å². The van der Waals surface area contributed by atoms with Gasteiger partial charge in [-0.3, -0.25) is 14.4 Å². The number of methoxy groups -OCH3 is 1. The maximum atomic E-state index is 14.4. The van der Waals surface area contributed by atoms with Crippen LogP contribution in [0.4, 0.5) is 0 Å². The molecular weight excluding hydrogens is 454 g/mol. The smallest absolute Gasteiger partial charge is 0.254 e. The summed E-state index contributed by atoms with van der Waals surface area (Å²) in [7, 11) is 3.40. The predicted molar refractivity (Wildman–Crippen MR) is 135 cm³/mol. The highest BCUT2D eigenvalue weighted by molar-refractivity contribution is 6.01.